The van der Waals surface area contributed by atoms with Gasteiger partial charge in [-0.25, -0.2) is 0 Å². The minimum absolute atomic E-state index is 0.246. The van der Waals surface area contributed by atoms with Crippen molar-refractivity contribution in [2.75, 3.05) is 20.2 Å². The second kappa shape index (κ2) is 8.95. The summed E-state index contributed by atoms with van der Waals surface area (Å²) in [4.78, 5) is 0. The highest BCUT2D eigenvalue weighted by Crippen LogP contribution is 2.07. The van der Waals surface area contributed by atoms with Crippen LogP contribution in [0.15, 0.2) is 0 Å². The third kappa shape index (κ3) is 7.44. The molecule has 1 atom stereocenters. The van der Waals surface area contributed by atoms with Crippen LogP contribution >= 0.6 is 0 Å². The third-order valence-corrected chi connectivity index (χ3v) is 3.37. The van der Waals surface area contributed by atoms with Crippen LogP contribution in [0.1, 0.15) is 19.3 Å². The van der Waals surface area contributed by atoms with Crippen LogP contribution in [0.2, 0.25) is 5.79 Å². The van der Waals surface area contributed by atoms with Gasteiger partial charge in [0.1, 0.15) is 0 Å². The molecule has 0 spiro atoms. The first-order valence-corrected chi connectivity index (χ1v) is 6.92. The van der Waals surface area contributed by atoms with E-state index in [9.17, 15) is 0 Å². The molecule has 0 aromatic rings. The van der Waals surface area contributed by atoms with E-state index in [1.165, 1.54) is 0 Å². The Balaban J connectivity index is 3.65. The normalized spacial score (nSPS) is 12.9. The predicted molar refractivity (Wildman–Crippen MR) is 55.5 cm³/mol. The Morgan fingerprint density at radius 3 is 2.38 bits per heavy atom. The molecule has 0 saturated carbocycles. The Morgan fingerprint density at radius 1 is 1.23 bits per heavy atom. The van der Waals surface area contributed by atoms with Gasteiger partial charge in [0, 0.05) is 13.2 Å². The lowest BCUT2D eigenvalue weighted by atomic mass is 10.1. The largest absolute Gasteiger partial charge is 0.671 e. The zero-order chi connectivity index (χ0) is 10.1. The zero-order valence-corrected chi connectivity index (χ0v) is 9.82. The smallest absolute Gasteiger partial charge is 0.481 e. The van der Waals surface area contributed by atoms with Crippen molar-refractivity contribution in [2.24, 2.45) is 11.5 Å². The fourth-order valence-corrected chi connectivity index (χ4v) is 2.06. The number of hydrogen-bond donors (Lipinski definition) is 2. The van der Waals surface area contributed by atoms with Crippen molar-refractivity contribution >= 4 is 14.8 Å². The Hall–Kier alpha value is 0.372. The van der Waals surface area contributed by atoms with Gasteiger partial charge >= 0.3 is 14.8 Å². The fraction of sp³-hybridized carbons (Fsp3) is 1.00. The molecule has 4 N–H and O–H groups in total. The van der Waals surface area contributed by atoms with Crippen LogP contribution in [0.4, 0.5) is 0 Å². The minimum Gasteiger partial charge on any atom is -0.481 e. The molecule has 0 heterocycles. The van der Waals surface area contributed by atoms with Crippen LogP contribution in [0.25, 0.3) is 0 Å². The monoisotopic (exact) mass is 204 g/mol. The van der Waals surface area contributed by atoms with Crippen LogP contribution in [0.3, 0.4) is 0 Å². The number of hydrogen-bond acceptors (Lipinski definition) is 4. The first kappa shape index (κ1) is 13.4. The van der Waals surface area contributed by atoms with Gasteiger partial charge in [-0.15, -0.1) is 0 Å². The maximum atomic E-state index is 5.72. The average molecular weight is 204 g/mol. The third-order valence-electron chi connectivity index (χ3n) is 1.93. The summed E-state index contributed by atoms with van der Waals surface area (Å²) < 4.78 is 10.9. The topological polar surface area (TPSA) is 70.5 Å². The quantitative estimate of drug-likeness (QED) is 0.555. The van der Waals surface area contributed by atoms with Gasteiger partial charge in [0.15, 0.2) is 0 Å². The van der Waals surface area contributed by atoms with Gasteiger partial charge in [-0.2, -0.15) is 0 Å². The van der Waals surface area contributed by atoms with Crippen molar-refractivity contribution in [3.63, 3.8) is 0 Å². The molecule has 1 unspecified atom stereocenters. The first-order chi connectivity index (χ1) is 6.24. The van der Waals surface area contributed by atoms with E-state index in [2.05, 4.69) is 0 Å². The molecule has 78 valence electrons. The summed E-state index contributed by atoms with van der Waals surface area (Å²) in [7, 11) is 1.69. The highest BCUT2D eigenvalue weighted by Gasteiger charge is 2.20. The minimum atomic E-state index is -1.41. The van der Waals surface area contributed by atoms with E-state index in [0.717, 1.165) is 19.3 Å². The molecule has 5 heteroatoms. The summed E-state index contributed by atoms with van der Waals surface area (Å²) in [5.41, 5.74) is 10.9. The van der Waals surface area contributed by atoms with Crippen molar-refractivity contribution in [2.45, 2.75) is 31.2 Å². The maximum absolute atomic E-state index is 5.72. The molecule has 0 saturated heterocycles. The number of rotatable bonds is 8. The summed E-state index contributed by atoms with van der Waals surface area (Å²) in [6.45, 7) is 1.38. The molecule has 4 nitrogen and oxygen atoms in total. The van der Waals surface area contributed by atoms with Gasteiger partial charge in [-0.3, -0.25) is 0 Å². The van der Waals surface area contributed by atoms with E-state index < -0.39 is 14.8 Å². The molecule has 0 radical (unpaired) electrons. The molecule has 0 aromatic carbocycles. The van der Waals surface area contributed by atoms with Crippen LogP contribution in [-0.2, 0) is 7.58 Å². The highest BCUT2D eigenvalue weighted by molar-refractivity contribution is 6.42. The molecule has 0 rings (SSSR count). The summed E-state index contributed by atoms with van der Waals surface area (Å²) in [5.74, 6) is 2.02. The van der Waals surface area contributed by atoms with Gasteiger partial charge in [0.2, 0.25) is 0 Å². The lowest BCUT2D eigenvalue weighted by Gasteiger charge is -2.19. The molecule has 0 bridgehead atoms. The van der Waals surface area contributed by atoms with E-state index in [-0.39, 0.29) is 6.10 Å². The van der Waals surface area contributed by atoms with Crippen molar-refractivity contribution in [3.05, 3.63) is 0 Å². The van der Waals surface area contributed by atoms with Crippen molar-refractivity contribution in [1.82, 2.24) is 0 Å². The molecular formula is C8H21AlN2O2. The lowest BCUT2D eigenvalue weighted by molar-refractivity contribution is 0.139. The molecular weight excluding hydrogens is 183 g/mol. The summed E-state index contributed by atoms with van der Waals surface area (Å²) in [5, 5.41) is 0. The van der Waals surface area contributed by atoms with Crippen LogP contribution in [-0.4, -0.2) is 41.1 Å². The average Bonchev–Trinajstić information content (AvgIpc) is 2.14. The Morgan fingerprint density at radius 2 is 1.92 bits per heavy atom. The van der Waals surface area contributed by atoms with Crippen molar-refractivity contribution < 1.29 is 7.58 Å². The molecule has 0 aromatic heterocycles. The lowest BCUT2D eigenvalue weighted by Crippen LogP contribution is -2.27. The SMILES string of the molecule is C[O][Al]([CH3])[O]C(CCN)CCCN. The van der Waals surface area contributed by atoms with E-state index in [1.807, 2.05) is 5.79 Å². The molecule has 0 aliphatic rings. The van der Waals surface area contributed by atoms with E-state index in [4.69, 9.17) is 19.0 Å². The van der Waals surface area contributed by atoms with Gasteiger partial charge in [0.05, 0.1) is 0 Å². The Kier molecular flexibility index (Phi) is 9.20. The fourth-order valence-electron chi connectivity index (χ4n) is 1.14. The van der Waals surface area contributed by atoms with E-state index in [1.54, 1.807) is 7.11 Å². The molecule has 0 aliphatic carbocycles. The summed E-state index contributed by atoms with van der Waals surface area (Å²) in [6, 6.07) is 0. The highest BCUT2D eigenvalue weighted by atomic mass is 27.2. The predicted octanol–water partition coefficient (Wildman–Crippen LogP) is 0.224. The first-order valence-electron chi connectivity index (χ1n) is 4.83. The van der Waals surface area contributed by atoms with Crippen LogP contribution < -0.4 is 11.5 Å². The standard InChI is InChI=1S/C6H15N2O.CH3O.CH3.Al/c7-4-1-2-6(9)3-5-8;1-2;;/h6H,1-5,7-8H2;1H3;1H3;/q2*-1;;+2. The molecule has 0 fully saturated rings. The van der Waals surface area contributed by atoms with Gasteiger partial charge < -0.3 is 19.0 Å². The van der Waals surface area contributed by atoms with Gasteiger partial charge in [-0.05, 0) is 32.4 Å². The van der Waals surface area contributed by atoms with Crippen LogP contribution in [0.5, 0.6) is 0 Å². The van der Waals surface area contributed by atoms with E-state index >= 15 is 0 Å². The molecule has 0 aliphatic heterocycles. The second-order valence-corrected chi connectivity index (χ2v) is 4.95. The summed E-state index contributed by atoms with van der Waals surface area (Å²) in [6.07, 6.45) is 3.14. The molecule has 13 heavy (non-hydrogen) atoms. The van der Waals surface area contributed by atoms with Crippen molar-refractivity contribution in [3.8, 4) is 0 Å². The Bertz CT molecular complexity index is 116. The maximum Gasteiger partial charge on any atom is 0.671 e. The second-order valence-electron chi connectivity index (χ2n) is 3.07. The summed E-state index contributed by atoms with van der Waals surface area (Å²) >= 11 is -1.41. The van der Waals surface area contributed by atoms with Crippen LogP contribution in [0, 0.1) is 0 Å². The Labute approximate surface area is 85.6 Å². The van der Waals surface area contributed by atoms with Gasteiger partial charge in [0.25, 0.3) is 0 Å². The molecule has 0 amide bonds. The number of nitrogens with two attached hydrogens (primary N) is 2. The van der Waals surface area contributed by atoms with Crippen molar-refractivity contribution in [1.29, 1.82) is 0 Å². The van der Waals surface area contributed by atoms with Gasteiger partial charge in [-0.1, -0.05) is 5.79 Å². The van der Waals surface area contributed by atoms with E-state index in [0.29, 0.717) is 13.1 Å². The zero-order valence-electron chi connectivity index (χ0n) is 8.66.